The van der Waals surface area contributed by atoms with E-state index in [2.05, 4.69) is 17.9 Å². The molecule has 0 amide bonds. The first-order valence-electron chi connectivity index (χ1n) is 3.35. The van der Waals surface area contributed by atoms with Gasteiger partial charge in [-0.25, -0.2) is 0 Å². The smallest absolute Gasteiger partial charge is 0.0439 e. The average Bonchev–Trinajstić information content (AvgIpc) is 2.62. The third kappa shape index (κ3) is 0.583. The monoisotopic (exact) mass is 109 g/mol. The number of allylic oxidation sites excluding steroid dienone is 1. The van der Waals surface area contributed by atoms with Crippen molar-refractivity contribution in [3.63, 3.8) is 0 Å². The number of hydrogen-bond donors (Lipinski definition) is 0. The van der Waals surface area contributed by atoms with Crippen molar-refractivity contribution in [2.45, 2.75) is 19.4 Å². The highest BCUT2D eigenvalue weighted by molar-refractivity contribution is 5.32. The molecule has 0 spiro atoms. The van der Waals surface area contributed by atoms with E-state index in [1.807, 2.05) is 0 Å². The molecule has 0 aromatic heterocycles. The van der Waals surface area contributed by atoms with Crippen LogP contribution >= 0.6 is 0 Å². The SMILES string of the molecule is CCN1CC1C1=CC1. The van der Waals surface area contributed by atoms with E-state index >= 15 is 0 Å². The van der Waals surface area contributed by atoms with Crippen LogP contribution in [-0.4, -0.2) is 24.0 Å². The third-order valence-corrected chi connectivity index (χ3v) is 1.99. The van der Waals surface area contributed by atoms with Crippen LogP contribution in [-0.2, 0) is 0 Å². The minimum Gasteiger partial charge on any atom is -0.294 e. The third-order valence-electron chi connectivity index (χ3n) is 1.99. The Morgan fingerprint density at radius 2 is 2.62 bits per heavy atom. The normalized spacial score (nSPS) is 41.4. The molecule has 8 heavy (non-hydrogen) atoms. The fraction of sp³-hybridized carbons (Fsp3) is 0.714. The van der Waals surface area contributed by atoms with Crippen molar-refractivity contribution in [2.75, 3.05) is 13.1 Å². The Labute approximate surface area is 50.0 Å². The van der Waals surface area contributed by atoms with Crippen LogP contribution in [0, 0.1) is 0 Å². The summed E-state index contributed by atoms with van der Waals surface area (Å²) in [6.45, 7) is 4.80. The average molecular weight is 109 g/mol. The van der Waals surface area contributed by atoms with Crippen LogP contribution in [0.3, 0.4) is 0 Å². The van der Waals surface area contributed by atoms with Crippen LogP contribution in [0.5, 0.6) is 0 Å². The Morgan fingerprint density at radius 1 is 1.88 bits per heavy atom. The number of hydrogen-bond acceptors (Lipinski definition) is 1. The van der Waals surface area contributed by atoms with Crippen molar-refractivity contribution >= 4 is 0 Å². The van der Waals surface area contributed by atoms with E-state index in [1.54, 1.807) is 5.57 Å². The molecule has 0 saturated carbocycles. The zero-order valence-electron chi connectivity index (χ0n) is 5.22. The maximum Gasteiger partial charge on any atom is 0.0439 e. The van der Waals surface area contributed by atoms with Gasteiger partial charge in [-0.15, -0.1) is 0 Å². The standard InChI is InChI=1S/C7H11N/c1-2-8-5-7(8)6-3-4-6/h3,7H,2,4-5H2,1H3. The van der Waals surface area contributed by atoms with Gasteiger partial charge in [0.05, 0.1) is 0 Å². The highest BCUT2D eigenvalue weighted by atomic mass is 15.3. The predicted molar refractivity (Wildman–Crippen MR) is 33.7 cm³/mol. The molecular weight excluding hydrogens is 98.1 g/mol. The number of likely N-dealkylation sites (N-methyl/N-ethyl adjacent to an activating group) is 1. The molecule has 0 aromatic rings. The fourth-order valence-corrected chi connectivity index (χ4v) is 1.21. The first-order chi connectivity index (χ1) is 3.92. The largest absolute Gasteiger partial charge is 0.294 e. The van der Waals surface area contributed by atoms with E-state index in [4.69, 9.17) is 0 Å². The van der Waals surface area contributed by atoms with Crippen molar-refractivity contribution in [2.24, 2.45) is 0 Å². The van der Waals surface area contributed by atoms with Crippen LogP contribution in [0.1, 0.15) is 13.3 Å². The zero-order valence-corrected chi connectivity index (χ0v) is 5.22. The summed E-state index contributed by atoms with van der Waals surface area (Å²) in [5, 5.41) is 0. The summed E-state index contributed by atoms with van der Waals surface area (Å²) in [5.41, 5.74) is 1.69. The van der Waals surface area contributed by atoms with Gasteiger partial charge < -0.3 is 0 Å². The minimum atomic E-state index is 0.889. The van der Waals surface area contributed by atoms with Gasteiger partial charge in [0.2, 0.25) is 0 Å². The van der Waals surface area contributed by atoms with Gasteiger partial charge in [0.25, 0.3) is 0 Å². The van der Waals surface area contributed by atoms with E-state index in [9.17, 15) is 0 Å². The van der Waals surface area contributed by atoms with E-state index in [-0.39, 0.29) is 0 Å². The Hall–Kier alpha value is -0.300. The summed E-state index contributed by atoms with van der Waals surface area (Å²) in [7, 11) is 0. The fourth-order valence-electron chi connectivity index (χ4n) is 1.21. The molecule has 1 fully saturated rings. The zero-order chi connectivity index (χ0) is 5.56. The first kappa shape index (κ1) is 4.57. The second-order valence-electron chi connectivity index (χ2n) is 2.59. The van der Waals surface area contributed by atoms with E-state index in [0.29, 0.717) is 0 Å². The molecular formula is C7H11N. The van der Waals surface area contributed by atoms with Gasteiger partial charge in [0, 0.05) is 12.6 Å². The van der Waals surface area contributed by atoms with Gasteiger partial charge in [-0.1, -0.05) is 18.6 Å². The Bertz CT molecular complexity index is 137. The molecule has 2 unspecified atom stereocenters. The molecule has 2 aliphatic rings. The molecule has 0 aromatic carbocycles. The Morgan fingerprint density at radius 3 is 3.00 bits per heavy atom. The molecule has 2 atom stereocenters. The Kier molecular flexibility index (Phi) is 0.770. The van der Waals surface area contributed by atoms with Crippen molar-refractivity contribution in [3.8, 4) is 0 Å². The maximum absolute atomic E-state index is 2.48. The molecule has 1 aliphatic heterocycles. The van der Waals surface area contributed by atoms with Crippen molar-refractivity contribution in [1.82, 2.24) is 4.90 Å². The minimum absolute atomic E-state index is 0.889. The topological polar surface area (TPSA) is 3.01 Å². The van der Waals surface area contributed by atoms with E-state index < -0.39 is 0 Å². The van der Waals surface area contributed by atoms with Gasteiger partial charge in [0.1, 0.15) is 0 Å². The molecule has 0 bridgehead atoms. The van der Waals surface area contributed by atoms with Gasteiger partial charge in [-0.3, -0.25) is 4.90 Å². The molecule has 1 aliphatic carbocycles. The number of rotatable bonds is 2. The highest BCUT2D eigenvalue weighted by Crippen LogP contribution is 2.34. The summed E-state index contributed by atoms with van der Waals surface area (Å²) >= 11 is 0. The lowest BCUT2D eigenvalue weighted by molar-refractivity contribution is 0.561. The molecule has 0 radical (unpaired) electrons. The van der Waals surface area contributed by atoms with Gasteiger partial charge >= 0.3 is 0 Å². The molecule has 1 nitrogen and oxygen atoms in total. The van der Waals surface area contributed by atoms with Crippen LogP contribution in [0.15, 0.2) is 11.6 Å². The maximum atomic E-state index is 2.48. The summed E-state index contributed by atoms with van der Waals surface area (Å²) in [5.74, 6) is 0. The summed E-state index contributed by atoms with van der Waals surface area (Å²) in [6.07, 6.45) is 3.64. The van der Waals surface area contributed by atoms with Crippen LogP contribution in [0.25, 0.3) is 0 Å². The van der Waals surface area contributed by atoms with Crippen LogP contribution in [0.4, 0.5) is 0 Å². The van der Waals surface area contributed by atoms with Gasteiger partial charge in [-0.2, -0.15) is 0 Å². The van der Waals surface area contributed by atoms with Crippen LogP contribution < -0.4 is 0 Å². The summed E-state index contributed by atoms with van der Waals surface area (Å²) in [6, 6.07) is 0.889. The quantitative estimate of drug-likeness (QED) is 0.378. The van der Waals surface area contributed by atoms with Crippen molar-refractivity contribution in [3.05, 3.63) is 11.6 Å². The highest BCUT2D eigenvalue weighted by Gasteiger charge is 2.37. The lowest BCUT2D eigenvalue weighted by atomic mass is 10.4. The summed E-state index contributed by atoms with van der Waals surface area (Å²) < 4.78 is 0. The lowest BCUT2D eigenvalue weighted by Crippen LogP contribution is -1.97. The van der Waals surface area contributed by atoms with Gasteiger partial charge in [0.15, 0.2) is 0 Å². The molecule has 1 heteroatoms. The lowest BCUT2D eigenvalue weighted by Gasteiger charge is -1.90. The van der Waals surface area contributed by atoms with Crippen LogP contribution in [0.2, 0.25) is 0 Å². The predicted octanol–water partition coefficient (Wildman–Crippen LogP) is 1.02. The summed E-state index contributed by atoms with van der Waals surface area (Å²) in [4.78, 5) is 2.48. The Balaban J connectivity index is 1.87. The van der Waals surface area contributed by atoms with Gasteiger partial charge in [-0.05, 0) is 13.0 Å². The molecule has 1 heterocycles. The van der Waals surface area contributed by atoms with E-state index in [0.717, 1.165) is 6.04 Å². The second kappa shape index (κ2) is 1.35. The molecule has 1 saturated heterocycles. The molecule has 44 valence electrons. The first-order valence-corrected chi connectivity index (χ1v) is 3.35. The molecule has 2 rings (SSSR count). The molecule has 0 N–H and O–H groups in total. The van der Waals surface area contributed by atoms with E-state index in [1.165, 1.54) is 19.5 Å². The number of nitrogens with zero attached hydrogens (tertiary/aromatic N) is 1. The van der Waals surface area contributed by atoms with Crippen molar-refractivity contribution in [1.29, 1.82) is 0 Å². The van der Waals surface area contributed by atoms with Crippen molar-refractivity contribution < 1.29 is 0 Å². The second-order valence-corrected chi connectivity index (χ2v) is 2.59.